The van der Waals surface area contributed by atoms with E-state index in [1.165, 1.54) is 5.57 Å². The number of aliphatic hydroxyl groups excluding tert-OH is 1. The van der Waals surface area contributed by atoms with E-state index in [0.717, 1.165) is 25.8 Å². The molecular formula is C13H19NO3. The number of carbonyl (C=O) groups excluding carboxylic acids is 1. The third kappa shape index (κ3) is 1.40. The quantitative estimate of drug-likeness (QED) is 0.688. The van der Waals surface area contributed by atoms with Crippen molar-refractivity contribution in [1.29, 1.82) is 0 Å². The van der Waals surface area contributed by atoms with E-state index in [0.29, 0.717) is 12.8 Å². The van der Waals surface area contributed by atoms with E-state index in [2.05, 4.69) is 6.08 Å². The van der Waals surface area contributed by atoms with Crippen LogP contribution in [-0.2, 0) is 9.53 Å². The molecular weight excluding hydrogens is 218 g/mol. The SMILES string of the molecule is CO[C@H]1CC=C2CCN3C(=O)CC[C@@H](O)[C@]23C1. The predicted octanol–water partition coefficient (Wildman–Crippen LogP) is 0.847. The summed E-state index contributed by atoms with van der Waals surface area (Å²) in [6, 6.07) is 0. The summed E-state index contributed by atoms with van der Waals surface area (Å²) >= 11 is 0. The summed E-state index contributed by atoms with van der Waals surface area (Å²) in [5.41, 5.74) is 0.820. The lowest BCUT2D eigenvalue weighted by Crippen LogP contribution is -2.61. The molecule has 0 aromatic rings. The molecule has 94 valence electrons. The van der Waals surface area contributed by atoms with Crippen LogP contribution < -0.4 is 0 Å². The molecule has 1 aliphatic carbocycles. The van der Waals surface area contributed by atoms with Crippen LogP contribution in [-0.4, -0.2) is 47.3 Å². The third-order valence-corrected chi connectivity index (χ3v) is 4.63. The Bertz CT molecular complexity index is 379. The molecule has 2 aliphatic heterocycles. The Hall–Kier alpha value is -0.870. The van der Waals surface area contributed by atoms with Gasteiger partial charge in [-0.15, -0.1) is 0 Å². The second-order valence-corrected chi connectivity index (χ2v) is 5.30. The third-order valence-electron chi connectivity index (χ3n) is 4.63. The van der Waals surface area contributed by atoms with Gasteiger partial charge in [0.15, 0.2) is 0 Å². The molecule has 0 aromatic carbocycles. The summed E-state index contributed by atoms with van der Waals surface area (Å²) in [6.45, 7) is 0.762. The first kappa shape index (κ1) is 11.2. The molecule has 0 radical (unpaired) electrons. The van der Waals surface area contributed by atoms with Crippen LogP contribution in [0.15, 0.2) is 11.6 Å². The van der Waals surface area contributed by atoms with Crippen LogP contribution in [0.25, 0.3) is 0 Å². The van der Waals surface area contributed by atoms with Crippen LogP contribution in [0.1, 0.15) is 32.1 Å². The average molecular weight is 237 g/mol. The van der Waals surface area contributed by atoms with E-state index in [1.54, 1.807) is 7.11 Å². The van der Waals surface area contributed by atoms with Crippen molar-refractivity contribution >= 4 is 5.91 Å². The van der Waals surface area contributed by atoms with Crippen molar-refractivity contribution < 1.29 is 14.6 Å². The number of hydrogen-bond acceptors (Lipinski definition) is 3. The zero-order valence-electron chi connectivity index (χ0n) is 10.2. The number of rotatable bonds is 1. The second-order valence-electron chi connectivity index (χ2n) is 5.30. The van der Waals surface area contributed by atoms with Gasteiger partial charge in [-0.2, -0.15) is 0 Å². The topological polar surface area (TPSA) is 49.8 Å². The summed E-state index contributed by atoms with van der Waals surface area (Å²) in [4.78, 5) is 13.9. The fraction of sp³-hybridized carbons (Fsp3) is 0.769. The van der Waals surface area contributed by atoms with Crippen molar-refractivity contribution in [2.24, 2.45) is 0 Å². The highest BCUT2D eigenvalue weighted by molar-refractivity contribution is 5.80. The summed E-state index contributed by atoms with van der Waals surface area (Å²) in [5.74, 6) is 0.190. The van der Waals surface area contributed by atoms with Crippen LogP contribution in [0.5, 0.6) is 0 Å². The molecule has 1 spiro atoms. The van der Waals surface area contributed by atoms with Crippen molar-refractivity contribution in [3.63, 3.8) is 0 Å². The summed E-state index contributed by atoms with van der Waals surface area (Å²) in [7, 11) is 1.70. The van der Waals surface area contributed by atoms with Crippen LogP contribution in [0.3, 0.4) is 0 Å². The minimum Gasteiger partial charge on any atom is -0.390 e. The smallest absolute Gasteiger partial charge is 0.223 e. The molecule has 4 nitrogen and oxygen atoms in total. The van der Waals surface area contributed by atoms with Crippen LogP contribution >= 0.6 is 0 Å². The lowest BCUT2D eigenvalue weighted by Gasteiger charge is -2.49. The van der Waals surface area contributed by atoms with E-state index in [-0.39, 0.29) is 12.0 Å². The molecule has 2 heterocycles. The number of nitrogens with zero attached hydrogens (tertiary/aromatic N) is 1. The van der Waals surface area contributed by atoms with Gasteiger partial charge in [-0.25, -0.2) is 0 Å². The first-order valence-corrected chi connectivity index (χ1v) is 6.39. The zero-order valence-corrected chi connectivity index (χ0v) is 10.2. The van der Waals surface area contributed by atoms with Gasteiger partial charge >= 0.3 is 0 Å². The van der Waals surface area contributed by atoms with E-state index in [1.807, 2.05) is 4.90 Å². The Morgan fingerprint density at radius 2 is 2.35 bits per heavy atom. The summed E-state index contributed by atoms with van der Waals surface area (Å²) < 4.78 is 5.43. The molecule has 17 heavy (non-hydrogen) atoms. The Kier molecular flexibility index (Phi) is 2.52. The maximum absolute atomic E-state index is 12.0. The molecule has 1 N–H and O–H groups in total. The van der Waals surface area contributed by atoms with Crippen molar-refractivity contribution in [2.75, 3.05) is 13.7 Å². The predicted molar refractivity (Wildman–Crippen MR) is 62.4 cm³/mol. The lowest BCUT2D eigenvalue weighted by atomic mass is 9.72. The normalized spacial score (nSPS) is 40.9. The van der Waals surface area contributed by atoms with Crippen LogP contribution in [0, 0.1) is 0 Å². The molecule has 3 aliphatic rings. The molecule has 3 rings (SSSR count). The largest absolute Gasteiger partial charge is 0.390 e. The molecule has 2 fully saturated rings. The van der Waals surface area contributed by atoms with Crippen LogP contribution in [0.2, 0.25) is 0 Å². The van der Waals surface area contributed by atoms with Gasteiger partial charge in [-0.05, 0) is 24.8 Å². The van der Waals surface area contributed by atoms with Crippen molar-refractivity contribution in [1.82, 2.24) is 4.90 Å². The molecule has 0 saturated carbocycles. The highest BCUT2D eigenvalue weighted by Crippen LogP contribution is 2.48. The summed E-state index contributed by atoms with van der Waals surface area (Å²) in [6.07, 6.45) is 5.52. The Balaban J connectivity index is 2.02. The monoisotopic (exact) mass is 237 g/mol. The number of piperidine rings is 1. The maximum atomic E-state index is 12.0. The van der Waals surface area contributed by atoms with Gasteiger partial charge in [-0.3, -0.25) is 4.79 Å². The minimum atomic E-state index is -0.436. The number of methoxy groups -OCH3 is 1. The molecule has 0 aromatic heterocycles. The van der Waals surface area contributed by atoms with Gasteiger partial charge in [0, 0.05) is 26.5 Å². The first-order valence-electron chi connectivity index (χ1n) is 6.39. The van der Waals surface area contributed by atoms with Gasteiger partial charge in [0.2, 0.25) is 5.91 Å². The number of ether oxygens (including phenoxy) is 1. The number of carbonyl (C=O) groups is 1. The first-order chi connectivity index (χ1) is 8.18. The Morgan fingerprint density at radius 1 is 1.53 bits per heavy atom. The molecule has 0 bridgehead atoms. The fourth-order valence-electron chi connectivity index (χ4n) is 3.74. The highest BCUT2D eigenvalue weighted by Gasteiger charge is 2.56. The van der Waals surface area contributed by atoms with E-state index in [4.69, 9.17) is 4.74 Å². The maximum Gasteiger partial charge on any atom is 0.223 e. The zero-order chi connectivity index (χ0) is 12.0. The van der Waals surface area contributed by atoms with Gasteiger partial charge in [0.05, 0.1) is 17.7 Å². The van der Waals surface area contributed by atoms with Crippen LogP contribution in [0.4, 0.5) is 0 Å². The van der Waals surface area contributed by atoms with Crippen molar-refractivity contribution in [3.05, 3.63) is 11.6 Å². The molecule has 4 heteroatoms. The lowest BCUT2D eigenvalue weighted by molar-refractivity contribution is -0.148. The summed E-state index contributed by atoms with van der Waals surface area (Å²) in [5, 5.41) is 10.4. The van der Waals surface area contributed by atoms with Crippen molar-refractivity contribution in [3.8, 4) is 0 Å². The number of amides is 1. The van der Waals surface area contributed by atoms with Crippen molar-refractivity contribution in [2.45, 2.75) is 49.9 Å². The molecule has 1 amide bonds. The van der Waals surface area contributed by atoms with Gasteiger partial charge in [0.1, 0.15) is 0 Å². The van der Waals surface area contributed by atoms with E-state index >= 15 is 0 Å². The standard InChI is InChI=1S/C13H19NO3/c1-17-10-3-2-9-6-7-14-12(16)5-4-11(15)13(9,14)8-10/h2,10-11,15H,3-8H2,1H3/t10-,11+,13-/m0/s1. The fourth-order valence-corrected chi connectivity index (χ4v) is 3.74. The van der Waals surface area contributed by atoms with E-state index < -0.39 is 11.6 Å². The molecule has 2 saturated heterocycles. The average Bonchev–Trinajstić information content (AvgIpc) is 2.74. The van der Waals surface area contributed by atoms with Gasteiger partial charge in [-0.1, -0.05) is 6.08 Å². The second kappa shape index (κ2) is 3.82. The Labute approximate surface area is 101 Å². The highest BCUT2D eigenvalue weighted by atomic mass is 16.5. The Morgan fingerprint density at radius 3 is 3.12 bits per heavy atom. The molecule has 3 atom stereocenters. The van der Waals surface area contributed by atoms with Gasteiger partial charge < -0.3 is 14.7 Å². The number of hydrogen-bond donors (Lipinski definition) is 1. The van der Waals surface area contributed by atoms with E-state index in [9.17, 15) is 9.90 Å². The van der Waals surface area contributed by atoms with Gasteiger partial charge in [0.25, 0.3) is 0 Å². The minimum absolute atomic E-state index is 0.125. The number of aliphatic hydroxyl groups is 1. The molecule has 0 unspecified atom stereocenters.